The summed E-state index contributed by atoms with van der Waals surface area (Å²) in [5.41, 5.74) is 2.20. The number of fused-ring (bicyclic) bond motifs is 1. The molecule has 0 unspecified atom stereocenters. The molecule has 0 saturated heterocycles. The number of nitrogens with zero attached hydrogens (tertiary/aromatic N) is 4. The number of hydrogen-bond donors (Lipinski definition) is 0. The van der Waals surface area contributed by atoms with Gasteiger partial charge in [-0.25, -0.2) is 4.98 Å². The van der Waals surface area contributed by atoms with E-state index in [1.54, 1.807) is 0 Å². The molecule has 0 saturated carbocycles. The zero-order chi connectivity index (χ0) is 13.5. The van der Waals surface area contributed by atoms with E-state index >= 15 is 0 Å². The van der Waals surface area contributed by atoms with Gasteiger partial charge in [-0.05, 0) is 34.6 Å². The summed E-state index contributed by atoms with van der Waals surface area (Å²) < 4.78 is 7.63. The first-order valence-electron chi connectivity index (χ1n) is 5.80. The molecule has 0 radical (unpaired) electrons. The maximum atomic E-state index is 6.06. The van der Waals surface area contributed by atoms with Crippen LogP contribution in [0.25, 0.3) is 5.65 Å². The maximum absolute atomic E-state index is 6.06. The van der Waals surface area contributed by atoms with E-state index in [0.29, 0.717) is 17.4 Å². The van der Waals surface area contributed by atoms with Gasteiger partial charge in [0.15, 0.2) is 16.6 Å². The van der Waals surface area contributed by atoms with E-state index in [1.165, 1.54) is 0 Å². The van der Waals surface area contributed by atoms with E-state index in [4.69, 9.17) is 16.3 Å². The zero-order valence-corrected chi connectivity index (χ0v) is 12.0. The quantitative estimate of drug-likeness (QED) is 0.840. The van der Waals surface area contributed by atoms with Crippen molar-refractivity contribution in [2.24, 2.45) is 0 Å². The molecular weight excluding hydrogens is 252 g/mol. The van der Waals surface area contributed by atoms with Crippen LogP contribution in [0.3, 0.4) is 0 Å². The van der Waals surface area contributed by atoms with Crippen LogP contribution in [0.15, 0.2) is 0 Å². The first-order valence-corrected chi connectivity index (χ1v) is 6.18. The van der Waals surface area contributed by atoms with Crippen LogP contribution in [-0.4, -0.2) is 25.2 Å². The largest absolute Gasteiger partial charge is 0.368 e. The van der Waals surface area contributed by atoms with Gasteiger partial charge >= 0.3 is 0 Å². The molecule has 18 heavy (non-hydrogen) atoms. The highest BCUT2D eigenvalue weighted by atomic mass is 35.5. The van der Waals surface area contributed by atoms with Gasteiger partial charge in [0, 0.05) is 5.69 Å². The lowest BCUT2D eigenvalue weighted by Crippen LogP contribution is -2.19. The molecule has 0 amide bonds. The second-order valence-electron chi connectivity index (χ2n) is 5.25. The van der Waals surface area contributed by atoms with Gasteiger partial charge in [0.2, 0.25) is 0 Å². The Kier molecular flexibility index (Phi) is 3.29. The summed E-state index contributed by atoms with van der Waals surface area (Å²) >= 11 is 6.06. The molecule has 0 aromatic carbocycles. The normalized spacial score (nSPS) is 12.3. The minimum atomic E-state index is -0.217. The molecule has 98 valence electrons. The van der Waals surface area contributed by atoms with Gasteiger partial charge in [0.05, 0.1) is 11.3 Å². The van der Waals surface area contributed by atoms with Crippen molar-refractivity contribution in [2.75, 3.05) is 0 Å². The van der Waals surface area contributed by atoms with Gasteiger partial charge in [-0.3, -0.25) is 4.40 Å². The number of hydrogen-bond acceptors (Lipinski definition) is 4. The third kappa shape index (κ3) is 2.47. The van der Waals surface area contributed by atoms with Gasteiger partial charge in [-0.15, -0.1) is 10.2 Å². The summed E-state index contributed by atoms with van der Waals surface area (Å²) in [4.78, 5) is 4.22. The lowest BCUT2D eigenvalue weighted by atomic mass is 10.2. The average molecular weight is 269 g/mol. The Morgan fingerprint density at radius 1 is 1.22 bits per heavy atom. The van der Waals surface area contributed by atoms with Crippen LogP contribution in [0.2, 0.25) is 5.15 Å². The number of aromatic nitrogens is 4. The Morgan fingerprint density at radius 3 is 2.50 bits per heavy atom. The van der Waals surface area contributed by atoms with E-state index in [0.717, 1.165) is 17.2 Å². The molecule has 2 aromatic heterocycles. The van der Waals surface area contributed by atoms with Crippen molar-refractivity contribution in [3.63, 3.8) is 0 Å². The highest BCUT2D eigenvalue weighted by molar-refractivity contribution is 6.32. The Labute approximate surface area is 111 Å². The van der Waals surface area contributed by atoms with Crippen molar-refractivity contribution >= 4 is 17.2 Å². The molecule has 0 aliphatic heterocycles. The predicted molar refractivity (Wildman–Crippen MR) is 69.8 cm³/mol. The fourth-order valence-electron chi connectivity index (χ4n) is 1.62. The van der Waals surface area contributed by atoms with E-state index in [9.17, 15) is 0 Å². The molecule has 0 fully saturated rings. The number of aryl methyl sites for hydroxylation is 2. The maximum Gasteiger partial charge on any atom is 0.198 e. The predicted octanol–water partition coefficient (Wildman–Crippen LogP) is 2.71. The minimum Gasteiger partial charge on any atom is -0.368 e. The standard InChI is InChI=1S/C12H17ClN4O/c1-7-8(2)17-9(6-18-12(3,4)5)15-16-11(17)10(13)14-7/h6H2,1-5H3. The molecule has 0 atom stereocenters. The third-order valence-electron chi connectivity index (χ3n) is 2.67. The summed E-state index contributed by atoms with van der Waals surface area (Å²) in [5.74, 6) is 0.741. The van der Waals surface area contributed by atoms with Gasteiger partial charge in [0.25, 0.3) is 0 Å². The van der Waals surface area contributed by atoms with E-state index < -0.39 is 0 Å². The van der Waals surface area contributed by atoms with E-state index in [1.807, 2.05) is 39.0 Å². The molecule has 0 aliphatic carbocycles. The first-order chi connectivity index (χ1) is 8.29. The molecule has 2 aromatic rings. The molecular formula is C12H17ClN4O. The molecule has 0 N–H and O–H groups in total. The van der Waals surface area contributed by atoms with Crippen molar-refractivity contribution < 1.29 is 4.74 Å². The highest BCUT2D eigenvalue weighted by Crippen LogP contribution is 2.19. The van der Waals surface area contributed by atoms with Crippen LogP contribution < -0.4 is 0 Å². The Balaban J connectivity index is 2.47. The smallest absolute Gasteiger partial charge is 0.198 e. The van der Waals surface area contributed by atoms with Crippen molar-refractivity contribution in [3.05, 3.63) is 22.4 Å². The van der Waals surface area contributed by atoms with E-state index in [-0.39, 0.29) is 5.60 Å². The van der Waals surface area contributed by atoms with Crippen molar-refractivity contribution in [3.8, 4) is 0 Å². The third-order valence-corrected chi connectivity index (χ3v) is 2.93. The second-order valence-corrected chi connectivity index (χ2v) is 5.61. The summed E-state index contributed by atoms with van der Waals surface area (Å²) in [6.45, 7) is 10.3. The molecule has 2 rings (SSSR count). The minimum absolute atomic E-state index is 0.217. The van der Waals surface area contributed by atoms with Crippen molar-refractivity contribution in [2.45, 2.75) is 46.8 Å². The van der Waals surface area contributed by atoms with Gasteiger partial charge < -0.3 is 4.74 Å². The summed E-state index contributed by atoms with van der Waals surface area (Å²) in [7, 11) is 0. The summed E-state index contributed by atoms with van der Waals surface area (Å²) in [6.07, 6.45) is 0. The van der Waals surface area contributed by atoms with Crippen LogP contribution in [0, 0.1) is 13.8 Å². The van der Waals surface area contributed by atoms with Crippen LogP contribution in [-0.2, 0) is 11.3 Å². The monoisotopic (exact) mass is 268 g/mol. The lowest BCUT2D eigenvalue weighted by molar-refractivity contribution is -0.0185. The van der Waals surface area contributed by atoms with Crippen LogP contribution in [0.1, 0.15) is 38.0 Å². The van der Waals surface area contributed by atoms with Crippen LogP contribution in [0.5, 0.6) is 0 Å². The first kappa shape index (κ1) is 13.2. The SMILES string of the molecule is Cc1nc(Cl)c2nnc(COC(C)(C)C)n2c1C. The highest BCUT2D eigenvalue weighted by Gasteiger charge is 2.17. The number of halogens is 1. The molecule has 6 heteroatoms. The molecule has 0 aliphatic rings. The fraction of sp³-hybridized carbons (Fsp3) is 0.583. The zero-order valence-electron chi connectivity index (χ0n) is 11.3. The second kappa shape index (κ2) is 4.48. The topological polar surface area (TPSA) is 52.3 Å². The summed E-state index contributed by atoms with van der Waals surface area (Å²) in [6, 6.07) is 0. The number of ether oxygens (including phenoxy) is 1. The van der Waals surface area contributed by atoms with Crippen LogP contribution >= 0.6 is 11.6 Å². The summed E-state index contributed by atoms with van der Waals surface area (Å²) in [5, 5.41) is 8.55. The molecule has 0 spiro atoms. The van der Waals surface area contributed by atoms with Crippen molar-refractivity contribution in [1.82, 2.24) is 19.6 Å². The van der Waals surface area contributed by atoms with Crippen LogP contribution in [0.4, 0.5) is 0 Å². The fourth-order valence-corrected chi connectivity index (χ4v) is 1.87. The Morgan fingerprint density at radius 2 is 1.89 bits per heavy atom. The molecule has 2 heterocycles. The number of rotatable bonds is 2. The van der Waals surface area contributed by atoms with Gasteiger partial charge in [0.1, 0.15) is 6.61 Å². The molecule has 5 nitrogen and oxygen atoms in total. The van der Waals surface area contributed by atoms with E-state index in [2.05, 4.69) is 15.2 Å². The Bertz CT molecular complexity index is 586. The van der Waals surface area contributed by atoms with Gasteiger partial charge in [-0.2, -0.15) is 0 Å². The molecule has 0 bridgehead atoms. The van der Waals surface area contributed by atoms with Crippen molar-refractivity contribution in [1.29, 1.82) is 0 Å². The average Bonchev–Trinajstić information content (AvgIpc) is 2.66. The van der Waals surface area contributed by atoms with Gasteiger partial charge in [-0.1, -0.05) is 11.6 Å². The Hall–Kier alpha value is -1.20. The lowest BCUT2D eigenvalue weighted by Gasteiger charge is -2.19.